The summed E-state index contributed by atoms with van der Waals surface area (Å²) >= 11 is 1.42. The molecule has 0 radical (unpaired) electrons. The Morgan fingerprint density at radius 2 is 2.15 bits per heavy atom. The SMILES string of the molecule is C[C@@H](Sc1nnnn1C1CCOCC1)C(=O)NC1CC1. The third-order valence-corrected chi connectivity index (χ3v) is 4.62. The number of carbonyl (C=O) groups is 1. The van der Waals surface area contributed by atoms with E-state index < -0.39 is 0 Å². The summed E-state index contributed by atoms with van der Waals surface area (Å²) in [4.78, 5) is 12.0. The highest BCUT2D eigenvalue weighted by Gasteiger charge is 2.28. The highest BCUT2D eigenvalue weighted by Crippen LogP contribution is 2.28. The quantitative estimate of drug-likeness (QED) is 0.809. The van der Waals surface area contributed by atoms with Crippen LogP contribution in [0.2, 0.25) is 0 Å². The van der Waals surface area contributed by atoms with Gasteiger partial charge in [-0.05, 0) is 43.0 Å². The summed E-state index contributed by atoms with van der Waals surface area (Å²) in [6, 6.07) is 0.664. The molecule has 1 N–H and O–H groups in total. The molecule has 2 fully saturated rings. The van der Waals surface area contributed by atoms with E-state index in [9.17, 15) is 4.79 Å². The Morgan fingerprint density at radius 3 is 2.85 bits per heavy atom. The summed E-state index contributed by atoms with van der Waals surface area (Å²) < 4.78 is 7.20. The van der Waals surface area contributed by atoms with Crippen LogP contribution in [0.25, 0.3) is 0 Å². The van der Waals surface area contributed by atoms with Crippen molar-refractivity contribution in [3.05, 3.63) is 0 Å². The third kappa shape index (κ3) is 3.29. The average Bonchev–Trinajstić information content (AvgIpc) is 3.16. The van der Waals surface area contributed by atoms with Crippen LogP contribution in [0.5, 0.6) is 0 Å². The van der Waals surface area contributed by atoms with Crippen LogP contribution >= 0.6 is 11.8 Å². The maximum atomic E-state index is 12.0. The normalized spacial score (nSPS) is 21.6. The smallest absolute Gasteiger partial charge is 0.233 e. The fraction of sp³-hybridized carbons (Fsp3) is 0.833. The van der Waals surface area contributed by atoms with Crippen molar-refractivity contribution >= 4 is 17.7 Å². The number of aromatic nitrogens is 4. The van der Waals surface area contributed by atoms with Gasteiger partial charge in [0, 0.05) is 19.3 Å². The van der Waals surface area contributed by atoms with Crippen LogP contribution in [0.3, 0.4) is 0 Å². The molecule has 1 aromatic heterocycles. The molecule has 0 bridgehead atoms. The van der Waals surface area contributed by atoms with Crippen molar-refractivity contribution in [3.8, 4) is 0 Å². The maximum absolute atomic E-state index is 12.0. The molecule has 3 rings (SSSR count). The monoisotopic (exact) mass is 297 g/mol. The summed E-state index contributed by atoms with van der Waals surface area (Å²) in [5, 5.41) is 15.4. The van der Waals surface area contributed by atoms with Crippen LogP contribution in [-0.4, -0.2) is 50.6 Å². The predicted molar refractivity (Wildman–Crippen MR) is 73.4 cm³/mol. The zero-order valence-corrected chi connectivity index (χ0v) is 12.3. The number of amides is 1. The average molecular weight is 297 g/mol. The molecule has 1 saturated carbocycles. The van der Waals surface area contributed by atoms with E-state index >= 15 is 0 Å². The molecule has 110 valence electrons. The predicted octanol–water partition coefficient (Wildman–Crippen LogP) is 0.784. The van der Waals surface area contributed by atoms with E-state index in [4.69, 9.17) is 4.74 Å². The Hall–Kier alpha value is -1.15. The van der Waals surface area contributed by atoms with Gasteiger partial charge in [0.25, 0.3) is 0 Å². The van der Waals surface area contributed by atoms with Crippen LogP contribution in [-0.2, 0) is 9.53 Å². The molecule has 1 aliphatic heterocycles. The first kappa shape index (κ1) is 13.8. The second-order valence-corrected chi connectivity index (χ2v) is 6.60. The number of tetrazole rings is 1. The summed E-state index contributed by atoms with van der Waals surface area (Å²) in [6.45, 7) is 3.38. The van der Waals surface area contributed by atoms with Crippen LogP contribution in [0.4, 0.5) is 0 Å². The number of nitrogens with zero attached hydrogens (tertiary/aromatic N) is 4. The lowest BCUT2D eigenvalue weighted by molar-refractivity contribution is -0.120. The van der Waals surface area contributed by atoms with Crippen molar-refractivity contribution in [2.75, 3.05) is 13.2 Å². The van der Waals surface area contributed by atoms with E-state index in [1.54, 1.807) is 0 Å². The van der Waals surface area contributed by atoms with Gasteiger partial charge in [0.15, 0.2) is 0 Å². The summed E-state index contributed by atoms with van der Waals surface area (Å²) in [6.07, 6.45) is 4.04. The van der Waals surface area contributed by atoms with Crippen LogP contribution in [0.15, 0.2) is 5.16 Å². The van der Waals surface area contributed by atoms with E-state index in [0.29, 0.717) is 6.04 Å². The minimum Gasteiger partial charge on any atom is -0.381 e. The Morgan fingerprint density at radius 1 is 1.40 bits per heavy atom. The minimum absolute atomic E-state index is 0.0685. The van der Waals surface area contributed by atoms with Gasteiger partial charge < -0.3 is 10.1 Å². The largest absolute Gasteiger partial charge is 0.381 e. The van der Waals surface area contributed by atoms with E-state index in [2.05, 4.69) is 20.8 Å². The maximum Gasteiger partial charge on any atom is 0.233 e. The van der Waals surface area contributed by atoms with Crippen LogP contribution in [0.1, 0.15) is 38.6 Å². The fourth-order valence-corrected chi connectivity index (χ4v) is 3.05. The van der Waals surface area contributed by atoms with Gasteiger partial charge >= 0.3 is 0 Å². The van der Waals surface area contributed by atoms with Gasteiger partial charge in [0.2, 0.25) is 11.1 Å². The first-order chi connectivity index (χ1) is 9.74. The highest BCUT2D eigenvalue weighted by atomic mass is 32.2. The number of hydrogen-bond acceptors (Lipinski definition) is 6. The van der Waals surface area contributed by atoms with Gasteiger partial charge in [-0.3, -0.25) is 4.79 Å². The van der Waals surface area contributed by atoms with Crippen LogP contribution in [0, 0.1) is 0 Å². The molecule has 1 aliphatic carbocycles. The molecule has 2 heterocycles. The standard InChI is InChI=1S/C12H19N5O2S/c1-8(11(18)13-9-2-3-9)20-12-14-15-16-17(12)10-4-6-19-7-5-10/h8-10H,2-7H2,1H3,(H,13,18)/t8-/m1/s1. The van der Waals surface area contributed by atoms with Crippen LogP contribution < -0.4 is 5.32 Å². The Bertz CT molecular complexity index is 470. The molecule has 0 spiro atoms. The summed E-state index contributed by atoms with van der Waals surface area (Å²) in [5.74, 6) is 0.0685. The van der Waals surface area contributed by atoms with E-state index in [-0.39, 0.29) is 17.2 Å². The minimum atomic E-state index is -0.180. The zero-order chi connectivity index (χ0) is 13.9. The number of thioether (sulfide) groups is 1. The van der Waals surface area contributed by atoms with E-state index in [1.165, 1.54) is 11.8 Å². The lowest BCUT2D eigenvalue weighted by Gasteiger charge is -2.22. The van der Waals surface area contributed by atoms with Crippen molar-refractivity contribution in [2.45, 2.75) is 55.1 Å². The second kappa shape index (κ2) is 6.09. The molecule has 1 aromatic rings. The van der Waals surface area contributed by atoms with Gasteiger partial charge in [-0.2, -0.15) is 0 Å². The molecule has 0 aromatic carbocycles. The van der Waals surface area contributed by atoms with Crippen molar-refractivity contribution in [3.63, 3.8) is 0 Å². The Balaban J connectivity index is 1.61. The van der Waals surface area contributed by atoms with Gasteiger partial charge in [-0.15, -0.1) is 5.10 Å². The number of ether oxygens (including phenoxy) is 1. The molecular formula is C12H19N5O2S. The fourth-order valence-electron chi connectivity index (χ4n) is 2.18. The first-order valence-corrected chi connectivity index (χ1v) is 7.94. The van der Waals surface area contributed by atoms with Crippen molar-refractivity contribution < 1.29 is 9.53 Å². The number of carbonyl (C=O) groups excluding carboxylic acids is 1. The lowest BCUT2D eigenvalue weighted by Crippen LogP contribution is -2.32. The molecule has 7 nitrogen and oxygen atoms in total. The number of nitrogens with one attached hydrogen (secondary N) is 1. The van der Waals surface area contributed by atoms with E-state index in [1.807, 2.05) is 11.6 Å². The van der Waals surface area contributed by atoms with Crippen molar-refractivity contribution in [2.24, 2.45) is 0 Å². The summed E-state index contributed by atoms with van der Waals surface area (Å²) in [7, 11) is 0. The first-order valence-electron chi connectivity index (χ1n) is 7.06. The van der Waals surface area contributed by atoms with Gasteiger partial charge in [0.1, 0.15) is 0 Å². The number of hydrogen-bond donors (Lipinski definition) is 1. The Labute approximate surface area is 121 Å². The topological polar surface area (TPSA) is 81.9 Å². The molecule has 8 heteroatoms. The molecule has 20 heavy (non-hydrogen) atoms. The van der Waals surface area contributed by atoms with Gasteiger partial charge in [0.05, 0.1) is 11.3 Å². The molecule has 2 aliphatic rings. The molecule has 1 amide bonds. The van der Waals surface area contributed by atoms with Crippen molar-refractivity contribution in [1.82, 2.24) is 25.5 Å². The number of rotatable bonds is 5. The van der Waals surface area contributed by atoms with Gasteiger partial charge in [-0.1, -0.05) is 11.8 Å². The second-order valence-electron chi connectivity index (χ2n) is 5.29. The molecular weight excluding hydrogens is 278 g/mol. The molecule has 1 atom stereocenters. The highest BCUT2D eigenvalue weighted by molar-refractivity contribution is 8.00. The van der Waals surface area contributed by atoms with Crippen molar-refractivity contribution in [1.29, 1.82) is 0 Å². The zero-order valence-electron chi connectivity index (χ0n) is 11.5. The lowest BCUT2D eigenvalue weighted by atomic mass is 10.1. The third-order valence-electron chi connectivity index (χ3n) is 3.57. The van der Waals surface area contributed by atoms with Gasteiger partial charge in [-0.25, -0.2) is 4.68 Å². The Kier molecular flexibility index (Phi) is 4.21. The molecule has 0 unspecified atom stereocenters. The van der Waals surface area contributed by atoms with E-state index in [0.717, 1.165) is 44.1 Å². The molecule has 1 saturated heterocycles. The summed E-state index contributed by atoms with van der Waals surface area (Å²) in [5.41, 5.74) is 0.